The molecule has 3 rings (SSSR count). The van der Waals surface area contributed by atoms with Crippen LogP contribution in [0.5, 0.6) is 0 Å². The minimum atomic E-state index is -4.50. The number of hydrogen-bond donors (Lipinski definition) is 1. The van der Waals surface area contributed by atoms with E-state index in [1.165, 1.54) is 23.9 Å². The Balaban J connectivity index is 1.76. The molecule has 0 atom stereocenters. The quantitative estimate of drug-likeness (QED) is 0.436. The fourth-order valence-electron chi connectivity index (χ4n) is 2.79. The van der Waals surface area contributed by atoms with Gasteiger partial charge in [-0.15, -0.1) is 0 Å². The number of hydrogen-bond acceptors (Lipinski definition) is 5. The van der Waals surface area contributed by atoms with Crippen molar-refractivity contribution in [3.05, 3.63) is 64.7 Å². The summed E-state index contributed by atoms with van der Waals surface area (Å²) in [7, 11) is 1.51. The minimum Gasteiger partial charge on any atom is -0.462 e. The third kappa shape index (κ3) is 4.91. The third-order valence-electron chi connectivity index (χ3n) is 4.23. The Morgan fingerprint density at radius 3 is 2.57 bits per heavy atom. The number of carbonyl (C=O) groups is 1. The average molecular weight is 439 g/mol. The van der Waals surface area contributed by atoms with E-state index in [-0.39, 0.29) is 23.1 Å². The molecule has 0 aliphatic heterocycles. The summed E-state index contributed by atoms with van der Waals surface area (Å²) < 4.78 is 44.9. The molecule has 0 bridgehead atoms. The molecule has 0 unspecified atom stereocenters. The van der Waals surface area contributed by atoms with Crippen LogP contribution in [0.4, 0.5) is 18.9 Å². The van der Waals surface area contributed by atoms with Crippen LogP contribution in [-0.4, -0.2) is 27.1 Å². The van der Waals surface area contributed by atoms with Crippen molar-refractivity contribution in [2.75, 3.05) is 11.9 Å². The second-order valence-electron chi connectivity index (χ2n) is 6.38. The summed E-state index contributed by atoms with van der Waals surface area (Å²) in [6.45, 7) is 2.28. The Bertz CT molecular complexity index is 1050. The van der Waals surface area contributed by atoms with Gasteiger partial charge in [-0.3, -0.25) is 0 Å². The highest BCUT2D eigenvalue weighted by Crippen LogP contribution is 2.30. The molecular weight excluding hydrogens is 421 g/mol. The van der Waals surface area contributed by atoms with Crippen molar-refractivity contribution in [1.29, 1.82) is 0 Å². The number of ether oxygens (including phenoxy) is 1. The van der Waals surface area contributed by atoms with Crippen LogP contribution in [0.2, 0.25) is 5.15 Å². The molecule has 0 radical (unpaired) electrons. The topological polar surface area (TPSA) is 69.0 Å². The van der Waals surface area contributed by atoms with Gasteiger partial charge < -0.3 is 14.6 Å². The van der Waals surface area contributed by atoms with Gasteiger partial charge in [0.25, 0.3) is 0 Å². The molecule has 0 amide bonds. The summed E-state index contributed by atoms with van der Waals surface area (Å²) in [5.41, 5.74) is 1.18. The Labute approximate surface area is 175 Å². The molecule has 158 valence electrons. The Morgan fingerprint density at radius 2 is 1.97 bits per heavy atom. The van der Waals surface area contributed by atoms with Crippen molar-refractivity contribution in [1.82, 2.24) is 14.5 Å². The zero-order valence-corrected chi connectivity index (χ0v) is 16.9. The van der Waals surface area contributed by atoms with E-state index in [1.54, 1.807) is 31.2 Å². The van der Waals surface area contributed by atoms with Crippen molar-refractivity contribution in [3.63, 3.8) is 0 Å². The molecule has 0 aliphatic carbocycles. The zero-order valence-electron chi connectivity index (χ0n) is 16.1. The molecule has 10 heteroatoms. The van der Waals surface area contributed by atoms with Gasteiger partial charge in [-0.25, -0.2) is 14.8 Å². The van der Waals surface area contributed by atoms with Crippen LogP contribution >= 0.6 is 11.6 Å². The number of aromatic nitrogens is 3. The standard InChI is InChI=1S/C20H18ClF3N4O2/c1-3-30-19(29)14-10-26-17(21)8-15(14)25-9-12-4-6-13(7-5-12)18-27-16(11-28(18)2)20(22,23)24/h4-8,10-11H,3,9H2,1-2H3,(H,25,26). The number of imidazole rings is 1. The zero-order chi connectivity index (χ0) is 21.9. The number of esters is 1. The first-order valence-electron chi connectivity index (χ1n) is 8.95. The molecule has 0 saturated heterocycles. The maximum Gasteiger partial charge on any atom is 0.434 e. The summed E-state index contributed by atoms with van der Waals surface area (Å²) in [5.74, 6) is -0.304. The van der Waals surface area contributed by atoms with E-state index < -0.39 is 17.8 Å². The predicted octanol–water partition coefficient (Wildman–Crippen LogP) is 4.94. The molecule has 1 N–H and O–H groups in total. The van der Waals surface area contributed by atoms with Crippen LogP contribution in [0, 0.1) is 0 Å². The lowest BCUT2D eigenvalue weighted by atomic mass is 10.1. The minimum absolute atomic E-state index is 0.215. The maximum absolute atomic E-state index is 12.9. The highest BCUT2D eigenvalue weighted by atomic mass is 35.5. The maximum atomic E-state index is 12.9. The Hall–Kier alpha value is -3.07. The van der Waals surface area contributed by atoms with Gasteiger partial charge in [-0.2, -0.15) is 13.2 Å². The van der Waals surface area contributed by atoms with Crippen LogP contribution in [0.1, 0.15) is 28.5 Å². The number of aryl methyl sites for hydroxylation is 1. The van der Waals surface area contributed by atoms with Crippen molar-refractivity contribution in [2.24, 2.45) is 7.05 Å². The summed E-state index contributed by atoms with van der Waals surface area (Å²) >= 11 is 5.93. The van der Waals surface area contributed by atoms with Gasteiger partial charge in [-0.05, 0) is 18.6 Å². The van der Waals surface area contributed by atoms with Crippen molar-refractivity contribution < 1.29 is 22.7 Å². The van der Waals surface area contributed by atoms with E-state index in [4.69, 9.17) is 16.3 Å². The highest BCUT2D eigenvalue weighted by Gasteiger charge is 2.34. The first kappa shape index (κ1) is 21.6. The second-order valence-corrected chi connectivity index (χ2v) is 6.77. The summed E-state index contributed by atoms with van der Waals surface area (Å²) in [6, 6.07) is 8.42. The van der Waals surface area contributed by atoms with Gasteiger partial charge in [0.15, 0.2) is 5.69 Å². The molecule has 1 aromatic carbocycles. The number of pyridine rings is 1. The normalized spacial score (nSPS) is 11.4. The number of carbonyl (C=O) groups excluding carboxylic acids is 1. The Kier molecular flexibility index (Phi) is 6.31. The Morgan fingerprint density at radius 1 is 1.27 bits per heavy atom. The van der Waals surface area contributed by atoms with Gasteiger partial charge in [0.1, 0.15) is 16.5 Å². The monoisotopic (exact) mass is 438 g/mol. The lowest BCUT2D eigenvalue weighted by Crippen LogP contribution is -2.10. The van der Waals surface area contributed by atoms with Gasteiger partial charge in [0.2, 0.25) is 0 Å². The fraction of sp³-hybridized carbons (Fsp3) is 0.250. The third-order valence-corrected chi connectivity index (χ3v) is 4.43. The number of nitrogens with one attached hydrogen (secondary N) is 1. The van der Waals surface area contributed by atoms with E-state index in [9.17, 15) is 18.0 Å². The van der Waals surface area contributed by atoms with Gasteiger partial charge in [0, 0.05) is 31.5 Å². The van der Waals surface area contributed by atoms with Crippen molar-refractivity contribution in [3.8, 4) is 11.4 Å². The molecular formula is C20H18ClF3N4O2. The number of anilines is 1. The van der Waals surface area contributed by atoms with Gasteiger partial charge in [-0.1, -0.05) is 35.9 Å². The molecule has 2 heterocycles. The second kappa shape index (κ2) is 8.74. The van der Waals surface area contributed by atoms with Crippen LogP contribution < -0.4 is 5.32 Å². The van der Waals surface area contributed by atoms with Crippen LogP contribution in [0.15, 0.2) is 42.7 Å². The summed E-state index contributed by atoms with van der Waals surface area (Å²) in [6.07, 6.45) is -2.21. The van der Waals surface area contributed by atoms with E-state index in [0.29, 0.717) is 17.8 Å². The summed E-state index contributed by atoms with van der Waals surface area (Å²) in [4.78, 5) is 19.6. The van der Waals surface area contributed by atoms with Gasteiger partial charge >= 0.3 is 12.1 Å². The van der Waals surface area contributed by atoms with Crippen LogP contribution in [-0.2, 0) is 24.5 Å². The molecule has 0 spiro atoms. The molecule has 0 aliphatic rings. The van der Waals surface area contributed by atoms with Crippen LogP contribution in [0.25, 0.3) is 11.4 Å². The molecule has 30 heavy (non-hydrogen) atoms. The molecule has 0 saturated carbocycles. The molecule has 2 aromatic heterocycles. The van der Waals surface area contributed by atoms with Crippen LogP contribution in [0.3, 0.4) is 0 Å². The first-order valence-corrected chi connectivity index (χ1v) is 9.33. The number of alkyl halides is 3. The smallest absolute Gasteiger partial charge is 0.434 e. The fourth-order valence-corrected chi connectivity index (χ4v) is 2.95. The van der Waals surface area contributed by atoms with E-state index in [0.717, 1.165) is 11.8 Å². The summed E-state index contributed by atoms with van der Waals surface area (Å²) in [5, 5.41) is 3.33. The SMILES string of the molecule is CCOC(=O)c1cnc(Cl)cc1NCc1ccc(-c2nc(C(F)(F)F)cn2C)cc1. The molecule has 6 nitrogen and oxygen atoms in total. The highest BCUT2D eigenvalue weighted by molar-refractivity contribution is 6.29. The lowest BCUT2D eigenvalue weighted by molar-refractivity contribution is -0.140. The average Bonchev–Trinajstić information content (AvgIpc) is 3.09. The van der Waals surface area contributed by atoms with E-state index in [2.05, 4.69) is 15.3 Å². The van der Waals surface area contributed by atoms with E-state index >= 15 is 0 Å². The largest absolute Gasteiger partial charge is 0.462 e. The van der Waals surface area contributed by atoms with Gasteiger partial charge in [0.05, 0.1) is 12.3 Å². The number of halogens is 4. The number of benzene rings is 1. The molecule has 0 fully saturated rings. The number of nitrogens with zero attached hydrogens (tertiary/aromatic N) is 3. The lowest BCUT2D eigenvalue weighted by Gasteiger charge is -2.12. The van der Waals surface area contributed by atoms with Crippen molar-refractivity contribution in [2.45, 2.75) is 19.6 Å². The van der Waals surface area contributed by atoms with Crippen molar-refractivity contribution >= 4 is 23.3 Å². The first-order chi connectivity index (χ1) is 14.2. The predicted molar refractivity (Wildman–Crippen MR) is 106 cm³/mol. The number of rotatable bonds is 6. The van der Waals surface area contributed by atoms with E-state index in [1.807, 2.05) is 0 Å². The molecule has 3 aromatic rings.